The van der Waals surface area contributed by atoms with Gasteiger partial charge in [-0.15, -0.1) is 0 Å². The highest BCUT2D eigenvalue weighted by Gasteiger charge is 2.35. The van der Waals surface area contributed by atoms with Crippen molar-refractivity contribution >= 4 is 11.9 Å². The van der Waals surface area contributed by atoms with Gasteiger partial charge in [0.25, 0.3) is 11.5 Å². The molecule has 1 unspecified atom stereocenters. The van der Waals surface area contributed by atoms with Gasteiger partial charge >= 0.3 is 5.97 Å². The standard InChI is InChI=1S/C14H19N3O4/c1-8-9(2)15-16-12(18)11(8)13(19)17-7-5-4-6-10(17)14(20)21-3/h10H,4-7H2,1-3H3,(H,16,18). The summed E-state index contributed by atoms with van der Waals surface area (Å²) < 4.78 is 4.76. The fourth-order valence-electron chi connectivity index (χ4n) is 2.58. The third kappa shape index (κ3) is 2.81. The summed E-state index contributed by atoms with van der Waals surface area (Å²) in [6.45, 7) is 3.84. The number of ether oxygens (including phenoxy) is 1. The zero-order valence-electron chi connectivity index (χ0n) is 12.4. The molecule has 1 atom stereocenters. The van der Waals surface area contributed by atoms with E-state index in [9.17, 15) is 14.4 Å². The third-order valence-electron chi connectivity index (χ3n) is 3.92. The average Bonchev–Trinajstić information content (AvgIpc) is 2.50. The van der Waals surface area contributed by atoms with E-state index >= 15 is 0 Å². The van der Waals surface area contributed by atoms with E-state index in [-0.39, 0.29) is 5.56 Å². The van der Waals surface area contributed by atoms with E-state index in [1.807, 2.05) is 0 Å². The van der Waals surface area contributed by atoms with Crippen molar-refractivity contribution in [2.75, 3.05) is 13.7 Å². The van der Waals surface area contributed by atoms with E-state index in [2.05, 4.69) is 10.2 Å². The van der Waals surface area contributed by atoms with Gasteiger partial charge in [0.2, 0.25) is 0 Å². The van der Waals surface area contributed by atoms with Crippen molar-refractivity contribution in [3.8, 4) is 0 Å². The highest BCUT2D eigenvalue weighted by Crippen LogP contribution is 2.21. The number of nitrogens with one attached hydrogen (secondary N) is 1. The number of methoxy groups -OCH3 is 1. The van der Waals surface area contributed by atoms with Gasteiger partial charge in [-0.05, 0) is 38.7 Å². The fraction of sp³-hybridized carbons (Fsp3) is 0.571. The van der Waals surface area contributed by atoms with Crippen molar-refractivity contribution in [2.45, 2.75) is 39.2 Å². The lowest BCUT2D eigenvalue weighted by molar-refractivity contribution is -0.147. The number of aryl methyl sites for hydroxylation is 1. The summed E-state index contributed by atoms with van der Waals surface area (Å²) in [5.74, 6) is -0.878. The normalized spacial score (nSPS) is 18.4. The number of aromatic nitrogens is 2. The Balaban J connectivity index is 2.40. The summed E-state index contributed by atoms with van der Waals surface area (Å²) in [6.07, 6.45) is 2.22. The van der Waals surface area contributed by atoms with E-state index in [0.717, 1.165) is 12.8 Å². The molecule has 0 bridgehead atoms. The Morgan fingerprint density at radius 3 is 2.71 bits per heavy atom. The van der Waals surface area contributed by atoms with Crippen LogP contribution in [0.2, 0.25) is 0 Å². The Kier molecular flexibility index (Phi) is 4.40. The molecule has 2 rings (SSSR count). The minimum absolute atomic E-state index is 0.0540. The Bertz CT molecular complexity index is 623. The van der Waals surface area contributed by atoms with Gasteiger partial charge in [-0.1, -0.05) is 0 Å². The molecule has 1 saturated heterocycles. The largest absolute Gasteiger partial charge is 0.467 e. The summed E-state index contributed by atoms with van der Waals surface area (Å²) in [5.41, 5.74) is 0.651. The van der Waals surface area contributed by atoms with Crippen LogP contribution in [-0.2, 0) is 9.53 Å². The Morgan fingerprint density at radius 2 is 2.05 bits per heavy atom. The molecule has 0 radical (unpaired) electrons. The predicted octanol–water partition coefficient (Wildman–Crippen LogP) is 0.554. The van der Waals surface area contributed by atoms with Gasteiger partial charge in [0.05, 0.1) is 12.8 Å². The second-order valence-electron chi connectivity index (χ2n) is 5.17. The molecule has 0 saturated carbocycles. The summed E-state index contributed by atoms with van der Waals surface area (Å²) in [6, 6.07) is -0.622. The topological polar surface area (TPSA) is 92.4 Å². The minimum Gasteiger partial charge on any atom is -0.467 e. The van der Waals surface area contributed by atoms with Crippen LogP contribution >= 0.6 is 0 Å². The highest BCUT2D eigenvalue weighted by molar-refractivity contribution is 5.97. The molecule has 1 aromatic rings. The molecule has 1 aliphatic rings. The monoisotopic (exact) mass is 293 g/mol. The maximum atomic E-state index is 12.7. The van der Waals surface area contributed by atoms with Crippen LogP contribution in [0.25, 0.3) is 0 Å². The number of H-pyrrole nitrogens is 1. The second kappa shape index (κ2) is 6.07. The summed E-state index contributed by atoms with van der Waals surface area (Å²) in [5, 5.41) is 6.15. The van der Waals surface area contributed by atoms with Gasteiger partial charge in [0.1, 0.15) is 11.6 Å². The number of carbonyl (C=O) groups is 2. The molecule has 0 aromatic carbocycles. The Morgan fingerprint density at radius 1 is 1.33 bits per heavy atom. The molecule has 7 nitrogen and oxygen atoms in total. The molecule has 21 heavy (non-hydrogen) atoms. The summed E-state index contributed by atoms with van der Waals surface area (Å²) in [4.78, 5) is 37.9. The molecule has 0 spiro atoms. The molecule has 1 N–H and O–H groups in total. The van der Waals surface area contributed by atoms with Gasteiger partial charge in [0, 0.05) is 6.54 Å². The van der Waals surface area contributed by atoms with E-state index in [0.29, 0.717) is 24.2 Å². The van der Waals surface area contributed by atoms with Crippen molar-refractivity contribution in [1.82, 2.24) is 15.1 Å². The lowest BCUT2D eigenvalue weighted by Crippen LogP contribution is -2.49. The average molecular weight is 293 g/mol. The first-order chi connectivity index (χ1) is 9.97. The highest BCUT2D eigenvalue weighted by atomic mass is 16.5. The van der Waals surface area contributed by atoms with E-state index in [1.165, 1.54) is 12.0 Å². The molecule has 0 aliphatic carbocycles. The molecular weight excluding hydrogens is 274 g/mol. The molecule has 7 heteroatoms. The lowest BCUT2D eigenvalue weighted by atomic mass is 10.00. The van der Waals surface area contributed by atoms with Crippen LogP contribution in [0, 0.1) is 13.8 Å². The van der Waals surface area contributed by atoms with E-state index in [1.54, 1.807) is 13.8 Å². The Labute approximate surface area is 122 Å². The van der Waals surface area contributed by atoms with Crippen LogP contribution in [-0.4, -0.2) is 46.7 Å². The molecule has 1 amide bonds. The van der Waals surface area contributed by atoms with Crippen molar-refractivity contribution in [3.63, 3.8) is 0 Å². The number of hydrogen-bond donors (Lipinski definition) is 1. The molecule has 2 heterocycles. The van der Waals surface area contributed by atoms with E-state index < -0.39 is 23.5 Å². The fourth-order valence-corrected chi connectivity index (χ4v) is 2.58. The quantitative estimate of drug-likeness (QED) is 0.804. The molecule has 114 valence electrons. The zero-order chi connectivity index (χ0) is 15.6. The molecule has 1 aliphatic heterocycles. The minimum atomic E-state index is -0.622. The van der Waals surface area contributed by atoms with Gasteiger partial charge in [-0.3, -0.25) is 9.59 Å². The number of esters is 1. The first-order valence-electron chi connectivity index (χ1n) is 6.92. The van der Waals surface area contributed by atoms with Gasteiger partial charge in [-0.25, -0.2) is 9.89 Å². The number of aromatic amines is 1. The molecule has 1 aromatic heterocycles. The predicted molar refractivity (Wildman–Crippen MR) is 75.0 cm³/mol. The van der Waals surface area contributed by atoms with Crippen LogP contribution in [0.4, 0.5) is 0 Å². The zero-order valence-corrected chi connectivity index (χ0v) is 12.4. The summed E-state index contributed by atoms with van der Waals surface area (Å²) >= 11 is 0. The van der Waals surface area contributed by atoms with Gasteiger partial charge < -0.3 is 9.64 Å². The number of likely N-dealkylation sites (tertiary alicyclic amines) is 1. The first-order valence-corrected chi connectivity index (χ1v) is 6.92. The lowest BCUT2D eigenvalue weighted by Gasteiger charge is -2.33. The van der Waals surface area contributed by atoms with Crippen molar-refractivity contribution in [2.24, 2.45) is 0 Å². The van der Waals surface area contributed by atoms with Crippen molar-refractivity contribution in [1.29, 1.82) is 0 Å². The Hall–Kier alpha value is -2.18. The molecule has 1 fully saturated rings. The number of piperidine rings is 1. The van der Waals surface area contributed by atoms with Crippen LogP contribution < -0.4 is 5.56 Å². The van der Waals surface area contributed by atoms with Crippen LogP contribution in [0.5, 0.6) is 0 Å². The summed E-state index contributed by atoms with van der Waals surface area (Å²) in [7, 11) is 1.30. The van der Waals surface area contributed by atoms with Crippen molar-refractivity contribution < 1.29 is 14.3 Å². The van der Waals surface area contributed by atoms with Crippen LogP contribution in [0.15, 0.2) is 4.79 Å². The second-order valence-corrected chi connectivity index (χ2v) is 5.17. The van der Waals surface area contributed by atoms with Crippen LogP contribution in [0.1, 0.15) is 40.9 Å². The maximum absolute atomic E-state index is 12.7. The number of rotatable bonds is 2. The number of amides is 1. The third-order valence-corrected chi connectivity index (χ3v) is 3.92. The number of hydrogen-bond acceptors (Lipinski definition) is 5. The van der Waals surface area contributed by atoms with Gasteiger partial charge in [-0.2, -0.15) is 5.10 Å². The van der Waals surface area contributed by atoms with Crippen molar-refractivity contribution in [3.05, 3.63) is 27.2 Å². The van der Waals surface area contributed by atoms with Gasteiger partial charge in [0.15, 0.2) is 0 Å². The number of carbonyl (C=O) groups excluding carboxylic acids is 2. The van der Waals surface area contributed by atoms with E-state index in [4.69, 9.17) is 4.74 Å². The number of nitrogens with zero attached hydrogens (tertiary/aromatic N) is 2. The smallest absolute Gasteiger partial charge is 0.328 e. The maximum Gasteiger partial charge on any atom is 0.328 e. The SMILES string of the molecule is COC(=O)C1CCCCN1C(=O)c1c(C)c(C)n[nH]c1=O. The first kappa shape index (κ1) is 15.2. The molecular formula is C14H19N3O4. The van der Waals surface area contributed by atoms with Crippen LogP contribution in [0.3, 0.4) is 0 Å².